The number of benzene rings is 8. The molecule has 0 aromatic heterocycles. The largest absolute Gasteiger partial charge is 0.310 e. The van der Waals surface area contributed by atoms with Crippen molar-refractivity contribution in [3.63, 3.8) is 0 Å². The van der Waals surface area contributed by atoms with Gasteiger partial charge in [-0.25, -0.2) is 0 Å². The van der Waals surface area contributed by atoms with Crippen molar-refractivity contribution < 1.29 is 0 Å². The lowest BCUT2D eigenvalue weighted by Crippen LogP contribution is -2.16. The highest BCUT2D eigenvalue weighted by atomic mass is 15.1. The van der Waals surface area contributed by atoms with E-state index in [0.29, 0.717) is 5.92 Å². The van der Waals surface area contributed by atoms with Crippen LogP contribution in [0.2, 0.25) is 0 Å². The Morgan fingerprint density at radius 3 is 1.79 bits per heavy atom. The van der Waals surface area contributed by atoms with Crippen molar-refractivity contribution in [2.24, 2.45) is 11.8 Å². The fourth-order valence-electron chi connectivity index (χ4n) is 10.3. The number of nitrogens with zero attached hydrogens (tertiary/aromatic N) is 1. The smallest absolute Gasteiger partial charge is 0.0467 e. The van der Waals surface area contributed by atoms with Gasteiger partial charge in [0.15, 0.2) is 0 Å². The van der Waals surface area contributed by atoms with Crippen LogP contribution in [0, 0.1) is 11.8 Å². The van der Waals surface area contributed by atoms with Crippen molar-refractivity contribution in [2.75, 3.05) is 4.90 Å². The summed E-state index contributed by atoms with van der Waals surface area (Å²) in [5, 5.41) is 2.52. The van der Waals surface area contributed by atoms with Crippen LogP contribution < -0.4 is 4.90 Å². The average Bonchev–Trinajstić information content (AvgIpc) is 3.81. The molecule has 10 rings (SSSR count). The quantitative estimate of drug-likeness (QED) is 0.150. The van der Waals surface area contributed by atoms with Crippen LogP contribution in [0.4, 0.5) is 17.1 Å². The summed E-state index contributed by atoms with van der Waals surface area (Å²) in [5.41, 5.74) is 17.6. The van der Waals surface area contributed by atoms with E-state index >= 15 is 0 Å². The van der Waals surface area contributed by atoms with Gasteiger partial charge in [0.25, 0.3) is 0 Å². The lowest BCUT2D eigenvalue weighted by atomic mass is 9.82. The molecule has 284 valence electrons. The minimum atomic E-state index is -0.101. The van der Waals surface area contributed by atoms with Gasteiger partial charge >= 0.3 is 0 Å². The van der Waals surface area contributed by atoms with E-state index in [0.717, 1.165) is 28.9 Å². The van der Waals surface area contributed by atoms with Crippen LogP contribution in [-0.4, -0.2) is 0 Å². The summed E-state index contributed by atoms with van der Waals surface area (Å²) in [6.45, 7) is 9.57. The van der Waals surface area contributed by atoms with Crippen molar-refractivity contribution in [3.05, 3.63) is 199 Å². The van der Waals surface area contributed by atoms with Gasteiger partial charge in [-0.05, 0) is 139 Å². The van der Waals surface area contributed by atoms with Gasteiger partial charge in [-0.15, -0.1) is 0 Å². The number of rotatable bonds is 8. The van der Waals surface area contributed by atoms with E-state index in [1.165, 1.54) is 91.2 Å². The van der Waals surface area contributed by atoms with Gasteiger partial charge < -0.3 is 4.90 Å². The molecule has 3 unspecified atom stereocenters. The Morgan fingerprint density at radius 2 is 1.07 bits per heavy atom. The van der Waals surface area contributed by atoms with Gasteiger partial charge in [0.05, 0.1) is 0 Å². The highest BCUT2D eigenvalue weighted by molar-refractivity contribution is 6.06. The zero-order chi connectivity index (χ0) is 39.4. The predicted molar refractivity (Wildman–Crippen MR) is 247 cm³/mol. The molecular weight excluding hydrogens is 699 g/mol. The maximum Gasteiger partial charge on any atom is 0.0467 e. The number of hydrogen-bond donors (Lipinski definition) is 0. The van der Waals surface area contributed by atoms with Gasteiger partial charge in [-0.3, -0.25) is 0 Å². The van der Waals surface area contributed by atoms with Crippen molar-refractivity contribution in [1.82, 2.24) is 0 Å². The topological polar surface area (TPSA) is 3.24 Å². The standard InChI is InChI=1S/C57H51N/c1-38-23-24-45(35-38)39(2)40-25-27-41(28-26-40)42-29-31-47(32-30-42)58(49-33-34-53-52-19-8-9-22-54(52)57(3,4)55(53)37-49)48-18-10-17-46(36-48)51-21-12-16-44-15-11-20-50(56(44)51)43-13-6-5-7-14-43/h5-22,25-34,36-39,45H,23-24,35H2,1-4H3. The van der Waals surface area contributed by atoms with Crippen LogP contribution in [0.3, 0.4) is 0 Å². The van der Waals surface area contributed by atoms with E-state index in [-0.39, 0.29) is 5.41 Å². The van der Waals surface area contributed by atoms with Crippen LogP contribution in [0.15, 0.2) is 182 Å². The fourth-order valence-corrected chi connectivity index (χ4v) is 10.3. The Hall–Kier alpha value is -6.18. The van der Waals surface area contributed by atoms with E-state index in [9.17, 15) is 0 Å². The third-order valence-corrected chi connectivity index (χ3v) is 13.6. The normalized spacial score (nSPS) is 17.2. The molecule has 0 bridgehead atoms. The first-order valence-electron chi connectivity index (χ1n) is 21.3. The second-order valence-electron chi connectivity index (χ2n) is 17.5. The molecule has 8 aromatic carbocycles. The molecule has 0 saturated heterocycles. The van der Waals surface area contributed by atoms with Gasteiger partial charge in [-0.1, -0.05) is 180 Å². The molecule has 1 saturated carbocycles. The molecule has 3 atom stereocenters. The SMILES string of the molecule is CC1CCC(C(C)c2ccc(-c3ccc(N(c4cccc(-c5cccc6cccc(-c7ccccc7)c56)c4)c4ccc5c(c4)C(C)(C)c4ccccc4-5)cc3)cc2)C1. The minimum absolute atomic E-state index is 0.101. The van der Waals surface area contributed by atoms with Gasteiger partial charge in [0, 0.05) is 22.5 Å². The zero-order valence-electron chi connectivity index (χ0n) is 34.1. The monoisotopic (exact) mass is 749 g/mol. The number of anilines is 3. The van der Waals surface area contributed by atoms with E-state index in [1.807, 2.05) is 0 Å². The number of hydrogen-bond acceptors (Lipinski definition) is 1. The Labute approximate surface area is 344 Å². The molecule has 0 radical (unpaired) electrons. The molecule has 2 aliphatic carbocycles. The molecule has 0 heterocycles. The van der Waals surface area contributed by atoms with Crippen LogP contribution in [0.25, 0.3) is 55.3 Å². The Balaban J connectivity index is 1.06. The van der Waals surface area contributed by atoms with E-state index in [1.54, 1.807) is 0 Å². The van der Waals surface area contributed by atoms with Crippen LogP contribution in [0.1, 0.15) is 69.6 Å². The molecule has 8 aromatic rings. The van der Waals surface area contributed by atoms with E-state index in [4.69, 9.17) is 0 Å². The third kappa shape index (κ3) is 6.34. The second-order valence-corrected chi connectivity index (χ2v) is 17.5. The summed E-state index contributed by atoms with van der Waals surface area (Å²) in [4.78, 5) is 2.45. The summed E-state index contributed by atoms with van der Waals surface area (Å²) >= 11 is 0. The van der Waals surface area contributed by atoms with Crippen LogP contribution in [-0.2, 0) is 5.41 Å². The Bertz CT molecular complexity index is 2750. The third-order valence-electron chi connectivity index (χ3n) is 13.6. The van der Waals surface area contributed by atoms with E-state index in [2.05, 4.69) is 215 Å². The van der Waals surface area contributed by atoms with Crippen molar-refractivity contribution in [3.8, 4) is 44.5 Å². The molecule has 58 heavy (non-hydrogen) atoms. The Kier molecular flexibility index (Phi) is 9.13. The predicted octanol–water partition coefficient (Wildman–Crippen LogP) is 16.2. The molecule has 2 aliphatic rings. The first kappa shape index (κ1) is 36.2. The summed E-state index contributed by atoms with van der Waals surface area (Å²) in [6.07, 6.45) is 4.08. The zero-order valence-corrected chi connectivity index (χ0v) is 34.1. The van der Waals surface area contributed by atoms with Crippen molar-refractivity contribution >= 4 is 27.8 Å². The van der Waals surface area contributed by atoms with Crippen LogP contribution >= 0.6 is 0 Å². The fraction of sp³-hybridized carbons (Fsp3) is 0.193. The average molecular weight is 750 g/mol. The summed E-state index contributed by atoms with van der Waals surface area (Å²) in [6, 6.07) is 67.9. The maximum atomic E-state index is 2.45. The molecule has 1 heteroatoms. The molecule has 0 N–H and O–H groups in total. The molecule has 1 nitrogen and oxygen atoms in total. The minimum Gasteiger partial charge on any atom is -0.310 e. The van der Waals surface area contributed by atoms with Crippen LogP contribution in [0.5, 0.6) is 0 Å². The molecular formula is C57H51N. The Morgan fingerprint density at radius 1 is 0.483 bits per heavy atom. The van der Waals surface area contributed by atoms with E-state index < -0.39 is 0 Å². The highest BCUT2D eigenvalue weighted by Crippen LogP contribution is 2.51. The molecule has 1 fully saturated rings. The van der Waals surface area contributed by atoms with Gasteiger partial charge in [-0.2, -0.15) is 0 Å². The van der Waals surface area contributed by atoms with Crippen molar-refractivity contribution in [2.45, 2.75) is 58.3 Å². The lowest BCUT2D eigenvalue weighted by Gasteiger charge is -2.28. The lowest BCUT2D eigenvalue weighted by molar-refractivity contribution is 0.443. The molecule has 0 aliphatic heterocycles. The van der Waals surface area contributed by atoms with Crippen molar-refractivity contribution in [1.29, 1.82) is 0 Å². The first-order chi connectivity index (χ1) is 28.3. The summed E-state index contributed by atoms with van der Waals surface area (Å²) in [5.74, 6) is 2.27. The summed E-state index contributed by atoms with van der Waals surface area (Å²) < 4.78 is 0. The first-order valence-corrected chi connectivity index (χ1v) is 21.3. The molecule has 0 spiro atoms. The molecule has 0 amide bonds. The summed E-state index contributed by atoms with van der Waals surface area (Å²) in [7, 11) is 0. The number of fused-ring (bicyclic) bond motifs is 4. The highest BCUT2D eigenvalue weighted by Gasteiger charge is 2.36. The van der Waals surface area contributed by atoms with Gasteiger partial charge in [0.2, 0.25) is 0 Å². The second kappa shape index (κ2) is 14.6. The maximum absolute atomic E-state index is 2.45. The van der Waals surface area contributed by atoms with Gasteiger partial charge in [0.1, 0.15) is 0 Å².